The van der Waals surface area contributed by atoms with E-state index in [4.69, 9.17) is 0 Å². The molecule has 2 atom stereocenters. The number of nitrogens with one attached hydrogen (secondary N) is 1. The Balaban J connectivity index is 1.84. The van der Waals surface area contributed by atoms with Crippen molar-refractivity contribution in [2.45, 2.75) is 44.2 Å². The highest BCUT2D eigenvalue weighted by atomic mass is 16.3. The highest BCUT2D eigenvalue weighted by Crippen LogP contribution is 2.18. The first-order valence-electron chi connectivity index (χ1n) is 6.27. The van der Waals surface area contributed by atoms with Gasteiger partial charge in [-0.15, -0.1) is 0 Å². The van der Waals surface area contributed by atoms with E-state index in [1.54, 1.807) is 0 Å². The summed E-state index contributed by atoms with van der Waals surface area (Å²) in [5, 5.41) is 12.7. The first kappa shape index (κ1) is 12.1. The van der Waals surface area contributed by atoms with Crippen molar-refractivity contribution >= 4 is 5.91 Å². The molecule has 2 N–H and O–H groups in total. The van der Waals surface area contributed by atoms with Crippen LogP contribution in [0, 0.1) is 0 Å². The van der Waals surface area contributed by atoms with Gasteiger partial charge in [0.2, 0.25) is 5.91 Å². The summed E-state index contributed by atoms with van der Waals surface area (Å²) in [6, 6.07) is 9.62. The third-order valence-electron chi connectivity index (χ3n) is 3.28. The number of benzene rings is 1. The van der Waals surface area contributed by atoms with Gasteiger partial charge in [0.25, 0.3) is 0 Å². The monoisotopic (exact) mass is 233 g/mol. The van der Waals surface area contributed by atoms with E-state index in [1.807, 2.05) is 30.3 Å². The molecule has 2 rings (SSSR count). The summed E-state index contributed by atoms with van der Waals surface area (Å²) >= 11 is 0. The highest BCUT2D eigenvalue weighted by molar-refractivity contribution is 5.78. The summed E-state index contributed by atoms with van der Waals surface area (Å²) in [4.78, 5) is 11.8. The molecule has 1 fully saturated rings. The molecule has 0 unspecified atom stereocenters. The molecule has 0 heterocycles. The number of aliphatic hydroxyl groups excluding tert-OH is 1. The summed E-state index contributed by atoms with van der Waals surface area (Å²) < 4.78 is 0. The Morgan fingerprint density at radius 3 is 2.65 bits per heavy atom. The summed E-state index contributed by atoms with van der Waals surface area (Å²) in [7, 11) is 0. The van der Waals surface area contributed by atoms with Crippen molar-refractivity contribution in [2.75, 3.05) is 0 Å². The SMILES string of the molecule is O=C(Cc1ccccc1)N[C@@H]1CCCC[C@@H]1O. The minimum Gasteiger partial charge on any atom is -0.391 e. The maximum absolute atomic E-state index is 11.8. The molecule has 92 valence electrons. The Morgan fingerprint density at radius 1 is 1.24 bits per heavy atom. The van der Waals surface area contributed by atoms with Gasteiger partial charge in [-0.2, -0.15) is 0 Å². The van der Waals surface area contributed by atoms with Gasteiger partial charge >= 0.3 is 0 Å². The summed E-state index contributed by atoms with van der Waals surface area (Å²) in [5.74, 6) is 0.00199. The van der Waals surface area contributed by atoms with Crippen LogP contribution in [0.4, 0.5) is 0 Å². The standard InChI is InChI=1S/C14H19NO2/c16-13-9-5-4-8-12(13)15-14(17)10-11-6-2-1-3-7-11/h1-3,6-7,12-13,16H,4-5,8-10H2,(H,15,17)/t12-,13+/m1/s1. The minimum absolute atomic E-state index is 0.00199. The van der Waals surface area contributed by atoms with Gasteiger partial charge in [0.05, 0.1) is 18.6 Å². The van der Waals surface area contributed by atoms with Crippen molar-refractivity contribution in [3.05, 3.63) is 35.9 Å². The number of hydrogen-bond donors (Lipinski definition) is 2. The number of carbonyl (C=O) groups is 1. The van der Waals surface area contributed by atoms with Crippen LogP contribution in [0.2, 0.25) is 0 Å². The number of amides is 1. The molecule has 0 aliphatic heterocycles. The molecule has 0 saturated heterocycles. The maximum atomic E-state index is 11.8. The predicted molar refractivity (Wildman–Crippen MR) is 66.6 cm³/mol. The summed E-state index contributed by atoms with van der Waals surface area (Å²) in [6.45, 7) is 0. The average Bonchev–Trinajstić information content (AvgIpc) is 2.33. The Bertz CT molecular complexity index is 364. The third kappa shape index (κ3) is 3.56. The molecule has 0 spiro atoms. The van der Waals surface area contributed by atoms with Gasteiger partial charge in [0, 0.05) is 0 Å². The van der Waals surface area contributed by atoms with Crippen molar-refractivity contribution < 1.29 is 9.90 Å². The molecular weight excluding hydrogens is 214 g/mol. The van der Waals surface area contributed by atoms with Crippen molar-refractivity contribution in [2.24, 2.45) is 0 Å². The second-order valence-corrected chi connectivity index (χ2v) is 4.69. The fourth-order valence-corrected chi connectivity index (χ4v) is 2.32. The molecule has 1 saturated carbocycles. The van der Waals surface area contributed by atoms with E-state index >= 15 is 0 Å². The average molecular weight is 233 g/mol. The molecule has 1 aliphatic carbocycles. The lowest BCUT2D eigenvalue weighted by atomic mass is 9.92. The molecular formula is C14H19NO2. The van der Waals surface area contributed by atoms with Crippen LogP contribution in [0.25, 0.3) is 0 Å². The fraction of sp³-hybridized carbons (Fsp3) is 0.500. The number of rotatable bonds is 3. The van der Waals surface area contributed by atoms with Crippen LogP contribution in [-0.4, -0.2) is 23.2 Å². The number of carbonyl (C=O) groups excluding carboxylic acids is 1. The van der Waals surface area contributed by atoms with Crippen LogP contribution in [0.15, 0.2) is 30.3 Å². The quantitative estimate of drug-likeness (QED) is 0.834. The lowest BCUT2D eigenvalue weighted by Crippen LogP contribution is -2.45. The first-order chi connectivity index (χ1) is 8.25. The fourth-order valence-electron chi connectivity index (χ4n) is 2.32. The van der Waals surface area contributed by atoms with E-state index in [9.17, 15) is 9.90 Å². The van der Waals surface area contributed by atoms with Crippen LogP contribution in [0.1, 0.15) is 31.2 Å². The Hall–Kier alpha value is -1.35. The zero-order valence-corrected chi connectivity index (χ0v) is 9.93. The Labute approximate surface area is 102 Å². The van der Waals surface area contributed by atoms with Crippen LogP contribution in [-0.2, 0) is 11.2 Å². The summed E-state index contributed by atoms with van der Waals surface area (Å²) in [5.41, 5.74) is 1.01. The molecule has 3 heteroatoms. The smallest absolute Gasteiger partial charge is 0.224 e. The minimum atomic E-state index is -0.372. The third-order valence-corrected chi connectivity index (χ3v) is 3.28. The van der Waals surface area contributed by atoms with Crippen LogP contribution in [0.5, 0.6) is 0 Å². The highest BCUT2D eigenvalue weighted by Gasteiger charge is 2.24. The molecule has 1 aliphatic rings. The zero-order chi connectivity index (χ0) is 12.1. The molecule has 3 nitrogen and oxygen atoms in total. The molecule has 17 heavy (non-hydrogen) atoms. The van der Waals surface area contributed by atoms with Crippen LogP contribution < -0.4 is 5.32 Å². The second-order valence-electron chi connectivity index (χ2n) is 4.69. The van der Waals surface area contributed by atoms with Gasteiger partial charge < -0.3 is 10.4 Å². The Morgan fingerprint density at radius 2 is 1.94 bits per heavy atom. The zero-order valence-electron chi connectivity index (χ0n) is 9.93. The topological polar surface area (TPSA) is 49.3 Å². The van der Waals surface area contributed by atoms with E-state index in [0.717, 1.165) is 31.2 Å². The van der Waals surface area contributed by atoms with Crippen molar-refractivity contribution in [3.8, 4) is 0 Å². The normalized spacial score (nSPS) is 24.3. The molecule has 1 aromatic carbocycles. The lowest BCUT2D eigenvalue weighted by Gasteiger charge is -2.28. The van der Waals surface area contributed by atoms with Gasteiger partial charge in [0.15, 0.2) is 0 Å². The van der Waals surface area contributed by atoms with Gasteiger partial charge in [-0.1, -0.05) is 43.2 Å². The van der Waals surface area contributed by atoms with Crippen molar-refractivity contribution in [1.29, 1.82) is 0 Å². The largest absolute Gasteiger partial charge is 0.391 e. The lowest BCUT2D eigenvalue weighted by molar-refractivity contribution is -0.122. The van der Waals surface area contributed by atoms with E-state index in [-0.39, 0.29) is 18.1 Å². The number of aliphatic hydroxyl groups is 1. The van der Waals surface area contributed by atoms with Crippen molar-refractivity contribution in [3.63, 3.8) is 0 Å². The maximum Gasteiger partial charge on any atom is 0.224 e. The van der Waals surface area contributed by atoms with E-state index in [2.05, 4.69) is 5.32 Å². The van der Waals surface area contributed by atoms with Crippen LogP contribution in [0.3, 0.4) is 0 Å². The van der Waals surface area contributed by atoms with Gasteiger partial charge in [-0.25, -0.2) is 0 Å². The Kier molecular flexibility index (Phi) is 4.15. The van der Waals surface area contributed by atoms with Crippen molar-refractivity contribution in [1.82, 2.24) is 5.32 Å². The van der Waals surface area contributed by atoms with E-state index in [0.29, 0.717) is 6.42 Å². The van der Waals surface area contributed by atoms with E-state index < -0.39 is 0 Å². The van der Waals surface area contributed by atoms with Gasteiger partial charge in [0.1, 0.15) is 0 Å². The van der Waals surface area contributed by atoms with E-state index in [1.165, 1.54) is 0 Å². The molecule has 0 radical (unpaired) electrons. The predicted octanol–water partition coefficient (Wildman–Crippen LogP) is 1.65. The first-order valence-corrected chi connectivity index (χ1v) is 6.27. The van der Waals surface area contributed by atoms with Gasteiger partial charge in [-0.05, 0) is 18.4 Å². The molecule has 1 aromatic rings. The number of hydrogen-bond acceptors (Lipinski definition) is 2. The van der Waals surface area contributed by atoms with Gasteiger partial charge in [-0.3, -0.25) is 4.79 Å². The molecule has 1 amide bonds. The van der Waals surface area contributed by atoms with Crippen LogP contribution >= 0.6 is 0 Å². The molecule has 0 aromatic heterocycles. The second kappa shape index (κ2) is 5.82. The summed E-state index contributed by atoms with van der Waals surface area (Å²) in [6.07, 6.45) is 3.87. The molecule has 0 bridgehead atoms.